The molecule has 0 unspecified atom stereocenters. The fraction of sp³-hybridized carbons (Fsp3) is 0.634. The zero-order chi connectivity index (χ0) is 78.0. The third-order valence-electron chi connectivity index (χ3n) is 23.4. The standard InChI is InChI=1S/2C41H55N3O9S/c2*1-25-12-7-8-13-27-21-41(27,39(48)43-54(49,50)29-14-11-15-29)22-34(45)33-19-28(52-37-31-17-10-9-16-30(31)35(51-6)23-42-37)24-44(33)38(47)32(26(2)18-25)20-36(46)53-40(3,4)5/h2*8-10,13,16-17,23,25-29,32-33H,7,11-12,14-15,18-22,24H2,1-6H3,(H,43,48)/b2*13-8-/t25-,26+,27+,28+,32-,33-,41+;25-,26-,27-,28-,32+,33+,41-/m01/s1. The topological polar surface area (TPSA) is 317 Å². The number of hydrogen-bond acceptors (Lipinski definition) is 20. The van der Waals surface area contributed by atoms with Gasteiger partial charge in [0.2, 0.25) is 55.4 Å². The lowest BCUT2D eigenvalue weighted by molar-refractivity contribution is -0.160. The molecule has 4 aliphatic heterocycles. The molecule has 8 aliphatic rings. The molecule has 2 aromatic heterocycles. The lowest BCUT2D eigenvalue weighted by Crippen LogP contribution is -2.48. The van der Waals surface area contributed by atoms with Crippen molar-refractivity contribution in [1.82, 2.24) is 29.2 Å². The van der Waals surface area contributed by atoms with Gasteiger partial charge in [0.25, 0.3) is 0 Å². The number of methoxy groups -OCH3 is 2. The Balaban J connectivity index is 0.000000215. The van der Waals surface area contributed by atoms with E-state index in [1.54, 1.807) is 68.2 Å². The van der Waals surface area contributed by atoms with Gasteiger partial charge in [0, 0.05) is 47.2 Å². The Labute approximate surface area is 635 Å². The van der Waals surface area contributed by atoms with Gasteiger partial charge in [0.1, 0.15) is 34.9 Å². The maximum atomic E-state index is 14.8. The maximum Gasteiger partial charge on any atom is 0.307 e. The molecule has 588 valence electrons. The first-order chi connectivity index (χ1) is 51.0. The molecule has 4 aliphatic carbocycles. The van der Waals surface area contributed by atoms with Crippen molar-refractivity contribution in [3.8, 4) is 23.3 Å². The summed E-state index contributed by atoms with van der Waals surface area (Å²) in [6, 6.07) is 13.1. The van der Waals surface area contributed by atoms with Crippen LogP contribution in [0.3, 0.4) is 0 Å². The normalized spacial score (nSPS) is 30.2. The molecule has 4 aromatic rings. The quantitative estimate of drug-likeness (QED) is 0.0777. The van der Waals surface area contributed by atoms with E-state index < -0.39 is 112 Å². The van der Waals surface area contributed by atoms with Crippen molar-refractivity contribution >= 4 is 88.7 Å². The number of esters is 2. The molecule has 4 saturated carbocycles. The van der Waals surface area contributed by atoms with E-state index in [0.717, 1.165) is 49.3 Å². The van der Waals surface area contributed by atoms with Gasteiger partial charge in [-0.2, -0.15) is 0 Å². The predicted molar refractivity (Wildman–Crippen MR) is 406 cm³/mol. The van der Waals surface area contributed by atoms with Gasteiger partial charge < -0.3 is 38.2 Å². The zero-order valence-corrected chi connectivity index (χ0v) is 66.3. The molecule has 108 heavy (non-hydrogen) atoms. The summed E-state index contributed by atoms with van der Waals surface area (Å²) in [4.78, 5) is 125. The van der Waals surface area contributed by atoms with Crippen molar-refractivity contribution in [1.29, 1.82) is 0 Å². The fourth-order valence-electron chi connectivity index (χ4n) is 16.8. The predicted octanol–water partition coefficient (Wildman–Crippen LogP) is 11.8. The maximum absolute atomic E-state index is 14.8. The number of Topliss-reactive ketones (excluding diaryl/α,β-unsaturated/α-hetero) is 2. The highest BCUT2D eigenvalue weighted by molar-refractivity contribution is 7.91. The molecule has 0 spiro atoms. The number of aromatic nitrogens is 2. The molecular formula is C82H110N6O18S2. The van der Waals surface area contributed by atoms with Crippen LogP contribution < -0.4 is 28.4 Å². The smallest absolute Gasteiger partial charge is 0.307 e. The van der Waals surface area contributed by atoms with Gasteiger partial charge in [-0.1, -0.05) is 101 Å². The van der Waals surface area contributed by atoms with Crippen LogP contribution in [0.1, 0.15) is 198 Å². The largest absolute Gasteiger partial charge is 0.494 e. The van der Waals surface area contributed by atoms with Crippen LogP contribution in [0.2, 0.25) is 0 Å². The zero-order valence-electron chi connectivity index (χ0n) is 64.7. The lowest BCUT2D eigenvalue weighted by atomic mass is 9.82. The summed E-state index contributed by atoms with van der Waals surface area (Å²) >= 11 is 0. The summed E-state index contributed by atoms with van der Waals surface area (Å²) in [5, 5.41) is 1.78. The van der Waals surface area contributed by atoms with Crippen LogP contribution in [0.15, 0.2) is 85.2 Å². The number of fused-ring (bicyclic) bond motifs is 6. The highest BCUT2D eigenvalue weighted by Gasteiger charge is 2.63. The number of nitrogens with one attached hydrogen (secondary N) is 2. The number of nitrogens with zero attached hydrogens (tertiary/aromatic N) is 4. The number of hydrogen-bond donors (Lipinski definition) is 2. The van der Waals surface area contributed by atoms with Gasteiger partial charge in [-0.3, -0.25) is 47.8 Å². The SMILES string of the molecule is COc1cnc(O[C@@H]2C[C@H]3C(=O)C[C@]4(C(=O)NS(=O)(=O)C5CCC5)C[C@H]4/C=C\CC[C@@H](C)C[C@@H](C)[C@H](CC(=O)OC(C)(C)C)C(=O)N3C2)c2ccccc12.COc1cnc(O[C@@H]2C[C@H]3C(=O)C[C@]4(C(=O)NS(=O)(=O)C5CCC5)C[C@H]4/C=C\CC[C@H](C)C[C@@H](C)[C@H](CC(=O)OC(C)(C)C)C(=O)N3C2)c2ccccc12. The number of allylic oxidation sites excluding steroid dienone is 4. The first-order valence-corrected chi connectivity index (χ1v) is 41.8. The summed E-state index contributed by atoms with van der Waals surface area (Å²) in [5.74, 6) is -4.04. The van der Waals surface area contributed by atoms with Gasteiger partial charge in [-0.05, 0) is 166 Å². The number of ether oxygens (including phenoxy) is 6. The number of rotatable bonds is 16. The van der Waals surface area contributed by atoms with Gasteiger partial charge in [0.05, 0.1) is 97.8 Å². The Bertz CT molecular complexity index is 4080. The van der Waals surface area contributed by atoms with Crippen LogP contribution in [0.5, 0.6) is 23.3 Å². The van der Waals surface area contributed by atoms with Gasteiger partial charge in [-0.15, -0.1) is 0 Å². The van der Waals surface area contributed by atoms with Gasteiger partial charge in [0.15, 0.2) is 11.6 Å². The molecular weight excluding hydrogens is 1420 g/mol. The van der Waals surface area contributed by atoms with E-state index in [1.165, 1.54) is 9.80 Å². The Hall–Kier alpha value is -8.00. The highest BCUT2D eigenvalue weighted by atomic mass is 32.2. The number of benzene rings is 2. The minimum absolute atomic E-state index is 0.0585. The van der Waals surface area contributed by atoms with Crippen LogP contribution in [0.4, 0.5) is 0 Å². The van der Waals surface area contributed by atoms with Gasteiger partial charge >= 0.3 is 11.9 Å². The third kappa shape index (κ3) is 18.7. The Morgan fingerprint density at radius 1 is 0.528 bits per heavy atom. The Morgan fingerprint density at radius 3 is 1.22 bits per heavy atom. The summed E-state index contributed by atoms with van der Waals surface area (Å²) in [5.41, 5.74) is -3.99. The van der Waals surface area contributed by atoms with E-state index in [4.69, 9.17) is 28.4 Å². The number of carbonyl (C=O) groups excluding carboxylic acids is 8. The number of pyridine rings is 2. The second-order valence-electron chi connectivity index (χ2n) is 34.0. The summed E-state index contributed by atoms with van der Waals surface area (Å²) < 4.78 is 92.5. The number of carbonyl (C=O) groups is 8. The highest BCUT2D eigenvalue weighted by Crippen LogP contribution is 2.59. The van der Waals surface area contributed by atoms with Crippen molar-refractivity contribution < 1.29 is 83.6 Å². The Kier molecular flexibility index (Phi) is 24.7. The first kappa shape index (κ1) is 81.0. The third-order valence-corrected chi connectivity index (χ3v) is 27.1. The second kappa shape index (κ2) is 32.9. The van der Waals surface area contributed by atoms with Crippen LogP contribution in [-0.2, 0) is 67.9 Å². The molecule has 6 heterocycles. The van der Waals surface area contributed by atoms with Crippen molar-refractivity contribution in [2.24, 2.45) is 58.2 Å². The van der Waals surface area contributed by atoms with Crippen LogP contribution in [0, 0.1) is 58.2 Å². The average molecular weight is 1530 g/mol. The number of amides is 4. The average Bonchev–Trinajstić information content (AvgIpc) is 1.58. The number of sulfonamides is 2. The molecule has 6 fully saturated rings. The molecule has 2 N–H and O–H groups in total. The fourth-order valence-corrected chi connectivity index (χ4v) is 20.0. The molecule has 2 saturated heterocycles. The minimum atomic E-state index is -3.88. The van der Waals surface area contributed by atoms with E-state index in [1.807, 2.05) is 86.7 Å². The second-order valence-corrected chi connectivity index (χ2v) is 38.0. The lowest BCUT2D eigenvalue weighted by Gasteiger charge is -2.32. The minimum Gasteiger partial charge on any atom is -0.494 e. The molecule has 0 radical (unpaired) electrons. The molecule has 12 rings (SSSR count). The molecule has 24 nitrogen and oxygen atoms in total. The Morgan fingerprint density at radius 2 is 0.889 bits per heavy atom. The first-order valence-electron chi connectivity index (χ1n) is 38.7. The number of ketones is 2. The van der Waals surface area contributed by atoms with Crippen LogP contribution in [-0.4, -0.2) is 157 Å². The van der Waals surface area contributed by atoms with Crippen molar-refractivity contribution in [2.45, 2.75) is 244 Å². The summed E-state index contributed by atoms with van der Waals surface area (Å²) in [6.07, 6.45) is 18.0. The molecule has 0 bridgehead atoms. The van der Waals surface area contributed by atoms with E-state index >= 15 is 0 Å². The van der Waals surface area contributed by atoms with Crippen LogP contribution in [0.25, 0.3) is 21.5 Å². The molecule has 14 atom stereocenters. The van der Waals surface area contributed by atoms with E-state index in [-0.39, 0.29) is 111 Å². The van der Waals surface area contributed by atoms with E-state index in [0.29, 0.717) is 85.4 Å². The molecule has 26 heteroatoms. The van der Waals surface area contributed by atoms with E-state index in [2.05, 4.69) is 33.3 Å². The van der Waals surface area contributed by atoms with E-state index in [9.17, 15) is 55.2 Å². The summed E-state index contributed by atoms with van der Waals surface area (Å²) in [7, 11) is -4.64. The monoisotopic (exact) mass is 1530 g/mol. The van der Waals surface area contributed by atoms with Crippen molar-refractivity contribution in [2.75, 3.05) is 27.3 Å². The van der Waals surface area contributed by atoms with Crippen molar-refractivity contribution in [3.63, 3.8) is 0 Å². The van der Waals surface area contributed by atoms with Crippen LogP contribution >= 0.6 is 0 Å². The molecule has 2 aromatic carbocycles. The molecule has 4 amide bonds. The van der Waals surface area contributed by atoms with Crippen molar-refractivity contribution in [3.05, 3.63) is 85.2 Å². The summed E-state index contributed by atoms with van der Waals surface area (Å²) in [6.45, 7) is 19.0. The van der Waals surface area contributed by atoms with Gasteiger partial charge in [-0.25, -0.2) is 26.8 Å².